The molecule has 25 heavy (non-hydrogen) atoms. The number of carbonyl (C=O) groups is 2. The topological polar surface area (TPSA) is 98.6 Å². The average Bonchev–Trinajstić information content (AvgIpc) is 2.65. The number of hydrogen-bond acceptors (Lipinski definition) is 4. The van der Waals surface area contributed by atoms with Gasteiger partial charge < -0.3 is 14.5 Å². The van der Waals surface area contributed by atoms with Gasteiger partial charge in [-0.2, -0.15) is 0 Å². The lowest BCUT2D eigenvalue weighted by atomic mass is 9.91. The van der Waals surface area contributed by atoms with Gasteiger partial charge in [0.1, 0.15) is 5.75 Å². The highest BCUT2D eigenvalue weighted by Gasteiger charge is 2.34. The number of rotatable bonds is 5. The Morgan fingerprint density at radius 3 is 2.24 bits per heavy atom. The Labute approximate surface area is 147 Å². The first-order valence-electron chi connectivity index (χ1n) is 8.12. The van der Waals surface area contributed by atoms with E-state index in [1.807, 2.05) is 0 Å². The van der Waals surface area contributed by atoms with Crippen LogP contribution >= 0.6 is 0 Å². The minimum Gasteiger partial charge on any atom is -0.497 e. The van der Waals surface area contributed by atoms with Crippen LogP contribution in [0.1, 0.15) is 24.2 Å². The zero-order valence-electron chi connectivity index (χ0n) is 14.8. The molecule has 134 valence electrons. The molecular weight excluding hydrogens is 322 g/mol. The van der Waals surface area contributed by atoms with E-state index in [1.54, 1.807) is 55.0 Å². The zero-order valence-corrected chi connectivity index (χ0v) is 14.8. The van der Waals surface area contributed by atoms with Gasteiger partial charge >= 0.3 is 0 Å². The fraction of sp³-hybridized carbons (Fsp3) is 0.529. The Bertz CT molecular complexity index is 672. The van der Waals surface area contributed by atoms with Crippen molar-refractivity contribution in [1.82, 2.24) is 9.80 Å². The Morgan fingerprint density at radius 1 is 1.16 bits per heavy atom. The highest BCUT2D eigenvalue weighted by atomic mass is 16.5. The van der Waals surface area contributed by atoms with Crippen molar-refractivity contribution in [3.8, 4) is 5.75 Å². The van der Waals surface area contributed by atoms with E-state index < -0.39 is 5.41 Å². The number of piperazine rings is 1. The summed E-state index contributed by atoms with van der Waals surface area (Å²) in [5.41, 5.74) is 8.30. The van der Waals surface area contributed by atoms with Gasteiger partial charge in [-0.15, -0.1) is 0 Å². The van der Waals surface area contributed by atoms with Gasteiger partial charge in [-0.25, -0.2) is 0 Å². The molecule has 2 rings (SSSR count). The summed E-state index contributed by atoms with van der Waals surface area (Å²) in [6.07, 6.45) is 0. The number of hydrogen-bond donors (Lipinski definition) is 0. The van der Waals surface area contributed by atoms with Crippen LogP contribution in [0, 0.1) is 5.41 Å². The van der Waals surface area contributed by atoms with Crippen LogP contribution in [0.5, 0.6) is 5.75 Å². The van der Waals surface area contributed by atoms with Crippen LogP contribution in [0.25, 0.3) is 10.4 Å². The fourth-order valence-corrected chi connectivity index (χ4v) is 2.73. The molecule has 1 aromatic rings. The van der Waals surface area contributed by atoms with Crippen molar-refractivity contribution < 1.29 is 14.3 Å². The number of nitrogens with zero attached hydrogens (tertiary/aromatic N) is 5. The number of methoxy groups -OCH3 is 1. The molecule has 8 heteroatoms. The molecule has 0 spiro atoms. The van der Waals surface area contributed by atoms with Crippen LogP contribution in [-0.4, -0.2) is 61.4 Å². The molecular formula is C17H23N5O3. The van der Waals surface area contributed by atoms with Gasteiger partial charge in [-0.3, -0.25) is 9.59 Å². The van der Waals surface area contributed by atoms with Crippen molar-refractivity contribution in [2.45, 2.75) is 13.8 Å². The van der Waals surface area contributed by atoms with Crippen molar-refractivity contribution in [1.29, 1.82) is 0 Å². The molecule has 0 radical (unpaired) electrons. The summed E-state index contributed by atoms with van der Waals surface area (Å²) >= 11 is 0. The lowest BCUT2D eigenvalue weighted by molar-refractivity contribution is -0.141. The molecule has 0 aliphatic carbocycles. The Hall–Kier alpha value is -2.73. The van der Waals surface area contributed by atoms with Crippen molar-refractivity contribution in [3.05, 3.63) is 40.3 Å². The Morgan fingerprint density at radius 2 is 1.72 bits per heavy atom. The highest BCUT2D eigenvalue weighted by Crippen LogP contribution is 2.21. The third-order valence-corrected chi connectivity index (χ3v) is 4.30. The second-order valence-electron chi connectivity index (χ2n) is 6.59. The molecule has 8 nitrogen and oxygen atoms in total. The van der Waals surface area contributed by atoms with Crippen molar-refractivity contribution in [3.63, 3.8) is 0 Å². The summed E-state index contributed by atoms with van der Waals surface area (Å²) in [5, 5.41) is 3.51. The SMILES string of the molecule is COc1ccc(C(=O)N2CCN(C(=O)C(C)(C)CN=[N+]=[N-])CC2)cc1. The normalized spacial score (nSPS) is 14.7. The van der Waals surface area contributed by atoms with Gasteiger partial charge in [-0.05, 0) is 29.8 Å². The maximum Gasteiger partial charge on any atom is 0.253 e. The second kappa shape index (κ2) is 7.90. The van der Waals surface area contributed by atoms with E-state index >= 15 is 0 Å². The molecule has 1 heterocycles. The molecule has 1 aliphatic rings. The minimum atomic E-state index is -0.742. The van der Waals surface area contributed by atoms with Crippen LogP contribution in [0.3, 0.4) is 0 Å². The largest absolute Gasteiger partial charge is 0.497 e. The summed E-state index contributed by atoms with van der Waals surface area (Å²) in [5.74, 6) is 0.591. The quantitative estimate of drug-likeness (QED) is 0.465. The van der Waals surface area contributed by atoms with E-state index in [2.05, 4.69) is 10.0 Å². The Balaban J connectivity index is 1.95. The Kier molecular flexibility index (Phi) is 5.88. The van der Waals surface area contributed by atoms with Crippen LogP contribution < -0.4 is 4.74 Å². The van der Waals surface area contributed by atoms with Crippen LogP contribution in [0.15, 0.2) is 29.4 Å². The first-order chi connectivity index (χ1) is 11.9. The van der Waals surface area contributed by atoms with Crippen LogP contribution in [0.4, 0.5) is 0 Å². The van der Waals surface area contributed by atoms with Gasteiger partial charge in [0.05, 0.1) is 7.11 Å². The van der Waals surface area contributed by atoms with Gasteiger partial charge in [0.25, 0.3) is 5.91 Å². The molecule has 1 saturated heterocycles. The first kappa shape index (κ1) is 18.6. The molecule has 2 amide bonds. The smallest absolute Gasteiger partial charge is 0.253 e. The van der Waals surface area contributed by atoms with Gasteiger partial charge in [-0.1, -0.05) is 19.0 Å². The van der Waals surface area contributed by atoms with Crippen molar-refractivity contribution in [2.75, 3.05) is 39.8 Å². The van der Waals surface area contributed by atoms with Crippen LogP contribution in [-0.2, 0) is 4.79 Å². The monoisotopic (exact) mass is 345 g/mol. The highest BCUT2D eigenvalue weighted by molar-refractivity contribution is 5.94. The predicted molar refractivity (Wildman–Crippen MR) is 93.3 cm³/mol. The minimum absolute atomic E-state index is 0.0527. The molecule has 0 aromatic heterocycles. The number of azide groups is 1. The third kappa shape index (κ3) is 4.42. The summed E-state index contributed by atoms with van der Waals surface area (Å²) in [4.78, 5) is 31.3. The van der Waals surface area contributed by atoms with Crippen molar-refractivity contribution >= 4 is 11.8 Å². The summed E-state index contributed by atoms with van der Waals surface area (Å²) < 4.78 is 5.10. The third-order valence-electron chi connectivity index (χ3n) is 4.30. The average molecular weight is 345 g/mol. The van der Waals surface area contributed by atoms with E-state index in [-0.39, 0.29) is 18.4 Å². The number of ether oxygens (including phenoxy) is 1. The summed E-state index contributed by atoms with van der Waals surface area (Å²) in [6.45, 7) is 5.55. The molecule has 1 aliphatic heterocycles. The van der Waals surface area contributed by atoms with Gasteiger partial charge in [0.2, 0.25) is 5.91 Å². The van der Waals surface area contributed by atoms with E-state index in [1.165, 1.54) is 0 Å². The maximum atomic E-state index is 12.6. The van der Waals surface area contributed by atoms with Crippen molar-refractivity contribution in [2.24, 2.45) is 10.5 Å². The lowest BCUT2D eigenvalue weighted by Crippen LogP contribution is -2.53. The second-order valence-corrected chi connectivity index (χ2v) is 6.59. The van der Waals surface area contributed by atoms with Crippen LogP contribution in [0.2, 0.25) is 0 Å². The molecule has 1 aromatic carbocycles. The van der Waals surface area contributed by atoms with Gasteiger partial charge in [0.15, 0.2) is 0 Å². The van der Waals surface area contributed by atoms with E-state index in [0.717, 1.165) is 0 Å². The molecule has 0 atom stereocenters. The fourth-order valence-electron chi connectivity index (χ4n) is 2.73. The maximum absolute atomic E-state index is 12.6. The molecule has 0 saturated carbocycles. The summed E-state index contributed by atoms with van der Waals surface area (Å²) in [6, 6.07) is 6.99. The summed E-state index contributed by atoms with van der Waals surface area (Å²) in [7, 11) is 1.58. The van der Waals surface area contributed by atoms with Gasteiger partial charge in [0, 0.05) is 48.6 Å². The zero-order chi connectivity index (χ0) is 18.4. The standard InChI is InChI=1S/C17H23N5O3/c1-17(2,12-19-20-18)16(24)22-10-8-21(9-11-22)15(23)13-4-6-14(25-3)7-5-13/h4-7H,8-12H2,1-3H3. The van der Waals surface area contributed by atoms with E-state index in [9.17, 15) is 9.59 Å². The molecule has 0 N–H and O–H groups in total. The molecule has 0 unspecified atom stereocenters. The van der Waals surface area contributed by atoms with E-state index in [4.69, 9.17) is 10.3 Å². The van der Waals surface area contributed by atoms with E-state index in [0.29, 0.717) is 37.5 Å². The number of carbonyl (C=O) groups excluding carboxylic acids is 2. The number of benzene rings is 1. The first-order valence-corrected chi connectivity index (χ1v) is 8.12. The predicted octanol–water partition coefficient (Wildman–Crippen LogP) is 2.32. The molecule has 1 fully saturated rings. The number of amides is 2. The molecule has 0 bridgehead atoms. The lowest BCUT2D eigenvalue weighted by Gasteiger charge is -2.38.